The van der Waals surface area contributed by atoms with Crippen molar-refractivity contribution < 1.29 is 0 Å². The van der Waals surface area contributed by atoms with E-state index in [0.29, 0.717) is 17.9 Å². The Balaban J connectivity index is 1.81. The van der Waals surface area contributed by atoms with E-state index in [-0.39, 0.29) is 0 Å². The minimum Gasteiger partial charge on any atom is -0.377 e. The van der Waals surface area contributed by atoms with Crippen LogP contribution in [0.4, 0.5) is 5.69 Å². The van der Waals surface area contributed by atoms with E-state index in [0.717, 1.165) is 10.9 Å². The van der Waals surface area contributed by atoms with Gasteiger partial charge in [-0.1, -0.05) is 54.1 Å². The molecular weight excluding hydrogens is 322 g/mol. The summed E-state index contributed by atoms with van der Waals surface area (Å²) in [6.07, 6.45) is 5.88. The normalized spacial score (nSPS) is 26.1. The number of hydrogen-bond acceptors (Lipinski definition) is 1. The highest BCUT2D eigenvalue weighted by molar-refractivity contribution is 9.10. The van der Waals surface area contributed by atoms with Gasteiger partial charge in [0, 0.05) is 10.4 Å². The minimum atomic E-state index is 0.386. The van der Waals surface area contributed by atoms with Gasteiger partial charge in [0.1, 0.15) is 0 Å². The average molecular weight is 340 g/mol. The van der Waals surface area contributed by atoms with Crippen molar-refractivity contribution in [2.75, 3.05) is 5.32 Å². The largest absolute Gasteiger partial charge is 0.377 e. The van der Waals surface area contributed by atoms with E-state index in [1.165, 1.54) is 22.4 Å². The standard InChI is InChI=1S/C19H18BrN/c1-12-8-10-13(11-9-12)18-15-5-2-4-14(15)16-6-3-7-17(20)19(16)21-18/h2-4,6-11,14-15,18,21H,5H2,1H3. The van der Waals surface area contributed by atoms with Gasteiger partial charge in [-0.05, 0) is 52.4 Å². The molecule has 0 spiro atoms. The van der Waals surface area contributed by atoms with Crippen LogP contribution in [0, 0.1) is 12.8 Å². The van der Waals surface area contributed by atoms with E-state index in [2.05, 4.69) is 82.8 Å². The highest BCUT2D eigenvalue weighted by Gasteiger charge is 2.38. The number of halogens is 1. The lowest BCUT2D eigenvalue weighted by Crippen LogP contribution is -2.29. The molecule has 3 unspecified atom stereocenters. The Morgan fingerprint density at radius 2 is 1.90 bits per heavy atom. The van der Waals surface area contributed by atoms with Gasteiger partial charge in [0.2, 0.25) is 0 Å². The quantitative estimate of drug-likeness (QED) is 0.668. The van der Waals surface area contributed by atoms with Crippen LogP contribution in [0.1, 0.15) is 35.1 Å². The average Bonchev–Trinajstić information content (AvgIpc) is 2.98. The molecule has 2 aromatic rings. The number of fused-ring (bicyclic) bond motifs is 3. The van der Waals surface area contributed by atoms with Crippen molar-refractivity contribution in [3.8, 4) is 0 Å². The van der Waals surface area contributed by atoms with Gasteiger partial charge < -0.3 is 5.32 Å². The van der Waals surface area contributed by atoms with Crippen molar-refractivity contribution in [3.63, 3.8) is 0 Å². The molecule has 3 atom stereocenters. The summed E-state index contributed by atoms with van der Waals surface area (Å²) in [4.78, 5) is 0. The van der Waals surface area contributed by atoms with Gasteiger partial charge >= 0.3 is 0 Å². The minimum absolute atomic E-state index is 0.386. The second-order valence-electron chi connectivity index (χ2n) is 6.09. The SMILES string of the molecule is Cc1ccc(C2Nc3c(Br)cccc3C3C=CCC32)cc1. The third kappa shape index (κ3) is 2.13. The van der Waals surface area contributed by atoms with E-state index < -0.39 is 0 Å². The van der Waals surface area contributed by atoms with E-state index in [9.17, 15) is 0 Å². The first kappa shape index (κ1) is 13.1. The van der Waals surface area contributed by atoms with Crippen molar-refractivity contribution in [2.24, 2.45) is 5.92 Å². The summed E-state index contributed by atoms with van der Waals surface area (Å²) in [5, 5.41) is 3.79. The Morgan fingerprint density at radius 3 is 2.71 bits per heavy atom. The number of hydrogen-bond donors (Lipinski definition) is 1. The van der Waals surface area contributed by atoms with Crippen LogP contribution in [-0.2, 0) is 0 Å². The van der Waals surface area contributed by atoms with Crippen molar-refractivity contribution in [1.29, 1.82) is 0 Å². The summed E-state index contributed by atoms with van der Waals surface area (Å²) < 4.78 is 1.16. The Kier molecular flexibility index (Phi) is 3.15. The van der Waals surface area contributed by atoms with Gasteiger partial charge in [-0.25, -0.2) is 0 Å². The van der Waals surface area contributed by atoms with Crippen LogP contribution in [0.25, 0.3) is 0 Å². The summed E-state index contributed by atoms with van der Waals surface area (Å²) in [6.45, 7) is 2.14. The van der Waals surface area contributed by atoms with Gasteiger partial charge in [0.25, 0.3) is 0 Å². The summed E-state index contributed by atoms with van der Waals surface area (Å²) in [6, 6.07) is 15.9. The molecule has 106 valence electrons. The van der Waals surface area contributed by atoms with Crippen LogP contribution in [0.15, 0.2) is 59.1 Å². The molecule has 1 N–H and O–H groups in total. The third-order valence-corrected chi connectivity index (χ3v) is 5.44. The molecule has 21 heavy (non-hydrogen) atoms. The lowest BCUT2D eigenvalue weighted by Gasteiger charge is -2.38. The van der Waals surface area contributed by atoms with Gasteiger partial charge in [0.05, 0.1) is 11.7 Å². The smallest absolute Gasteiger partial charge is 0.0554 e. The fourth-order valence-electron chi connectivity index (χ4n) is 3.69. The van der Waals surface area contributed by atoms with Crippen LogP contribution in [0.2, 0.25) is 0 Å². The Morgan fingerprint density at radius 1 is 1.10 bits per heavy atom. The molecular formula is C19H18BrN. The molecule has 1 aliphatic carbocycles. The monoisotopic (exact) mass is 339 g/mol. The Bertz CT molecular complexity index is 702. The fourth-order valence-corrected chi connectivity index (χ4v) is 4.18. The second-order valence-corrected chi connectivity index (χ2v) is 6.94. The second kappa shape index (κ2) is 5.03. The number of anilines is 1. The molecule has 2 aromatic carbocycles. The molecule has 0 saturated heterocycles. The summed E-state index contributed by atoms with van der Waals surface area (Å²) in [7, 11) is 0. The predicted molar refractivity (Wildman–Crippen MR) is 91.7 cm³/mol. The van der Waals surface area contributed by atoms with E-state index in [1.54, 1.807) is 0 Å². The van der Waals surface area contributed by atoms with E-state index in [1.807, 2.05) is 0 Å². The molecule has 0 fully saturated rings. The zero-order chi connectivity index (χ0) is 14.4. The molecule has 0 bridgehead atoms. The highest BCUT2D eigenvalue weighted by Crippen LogP contribution is 2.51. The lowest BCUT2D eigenvalue weighted by atomic mass is 9.77. The van der Waals surface area contributed by atoms with Crippen LogP contribution >= 0.6 is 15.9 Å². The lowest BCUT2D eigenvalue weighted by molar-refractivity contribution is 0.425. The predicted octanol–water partition coefficient (Wildman–Crippen LogP) is 5.58. The van der Waals surface area contributed by atoms with Crippen molar-refractivity contribution >= 4 is 21.6 Å². The van der Waals surface area contributed by atoms with Gasteiger partial charge in [-0.3, -0.25) is 0 Å². The maximum absolute atomic E-state index is 3.79. The highest BCUT2D eigenvalue weighted by atomic mass is 79.9. The van der Waals surface area contributed by atoms with Crippen LogP contribution in [-0.4, -0.2) is 0 Å². The van der Waals surface area contributed by atoms with Gasteiger partial charge in [-0.15, -0.1) is 0 Å². The summed E-state index contributed by atoms with van der Waals surface area (Å²) in [5.74, 6) is 1.15. The molecule has 4 rings (SSSR count). The Labute approximate surface area is 134 Å². The molecule has 0 radical (unpaired) electrons. The van der Waals surface area contributed by atoms with Crippen LogP contribution in [0.3, 0.4) is 0 Å². The van der Waals surface area contributed by atoms with Gasteiger partial charge in [-0.2, -0.15) is 0 Å². The van der Waals surface area contributed by atoms with Gasteiger partial charge in [0.15, 0.2) is 0 Å². The number of para-hydroxylation sites is 1. The first-order chi connectivity index (χ1) is 10.2. The van der Waals surface area contributed by atoms with E-state index >= 15 is 0 Å². The summed E-state index contributed by atoms with van der Waals surface area (Å²) in [5.41, 5.74) is 5.39. The fraction of sp³-hybridized carbons (Fsp3) is 0.263. The number of nitrogens with one attached hydrogen (secondary N) is 1. The van der Waals surface area contributed by atoms with Crippen LogP contribution in [0.5, 0.6) is 0 Å². The Hall–Kier alpha value is -1.54. The molecule has 0 aromatic heterocycles. The van der Waals surface area contributed by atoms with Crippen molar-refractivity contribution in [3.05, 3.63) is 75.8 Å². The molecule has 1 heterocycles. The molecule has 1 aliphatic heterocycles. The maximum atomic E-state index is 3.79. The van der Waals surface area contributed by atoms with Crippen molar-refractivity contribution in [2.45, 2.75) is 25.3 Å². The topological polar surface area (TPSA) is 12.0 Å². The van der Waals surface area contributed by atoms with E-state index in [4.69, 9.17) is 0 Å². The van der Waals surface area contributed by atoms with Crippen molar-refractivity contribution in [1.82, 2.24) is 0 Å². The molecule has 0 amide bonds. The molecule has 2 aliphatic rings. The number of aryl methyl sites for hydroxylation is 1. The molecule has 1 nitrogen and oxygen atoms in total. The maximum Gasteiger partial charge on any atom is 0.0554 e. The molecule has 0 saturated carbocycles. The molecule has 2 heteroatoms. The zero-order valence-electron chi connectivity index (χ0n) is 12.0. The van der Waals surface area contributed by atoms with Crippen LogP contribution < -0.4 is 5.32 Å². The number of benzene rings is 2. The zero-order valence-corrected chi connectivity index (χ0v) is 13.6. The first-order valence-corrected chi connectivity index (χ1v) is 8.31. The number of allylic oxidation sites excluding steroid dienone is 2. The summed E-state index contributed by atoms with van der Waals surface area (Å²) >= 11 is 3.70. The first-order valence-electron chi connectivity index (χ1n) is 7.52. The third-order valence-electron chi connectivity index (χ3n) is 4.78. The number of rotatable bonds is 1.